The number of nitrogens with one attached hydrogen (secondary N) is 1. The minimum Gasteiger partial charge on any atom is -0.411 e. The maximum atomic E-state index is 12.8. The summed E-state index contributed by atoms with van der Waals surface area (Å²) in [6, 6.07) is 12.9. The van der Waals surface area contributed by atoms with Gasteiger partial charge in [-0.15, -0.1) is 16.8 Å². The van der Waals surface area contributed by atoms with E-state index in [0.29, 0.717) is 54.1 Å². The largest absolute Gasteiger partial charge is 0.411 e. The van der Waals surface area contributed by atoms with Crippen LogP contribution in [0.15, 0.2) is 75.7 Å². The van der Waals surface area contributed by atoms with Gasteiger partial charge in [-0.3, -0.25) is 4.79 Å². The van der Waals surface area contributed by atoms with Gasteiger partial charge in [-0.05, 0) is 36.4 Å². The zero-order valence-electron chi connectivity index (χ0n) is 17.6. The first-order chi connectivity index (χ1) is 16.0. The molecular weight excluding hydrogens is 464 g/mol. The highest BCUT2D eigenvalue weighted by atomic mass is 32.2. The summed E-state index contributed by atoms with van der Waals surface area (Å²) in [6.07, 6.45) is 1.74. The molecule has 0 spiro atoms. The molecule has 0 radical (unpaired) electrons. The Balaban J connectivity index is 1.50. The van der Waals surface area contributed by atoms with E-state index in [1.807, 2.05) is 0 Å². The smallest absolute Gasteiger partial charge is 0.277 e. The van der Waals surface area contributed by atoms with Crippen molar-refractivity contribution >= 4 is 33.4 Å². The fourth-order valence-corrected chi connectivity index (χ4v) is 5.10. The summed E-state index contributed by atoms with van der Waals surface area (Å²) in [6.45, 7) is 5.02. The van der Waals surface area contributed by atoms with Crippen LogP contribution in [0.4, 0.5) is 5.69 Å². The Hall–Kier alpha value is -2.99. The molecule has 9 nitrogen and oxygen atoms in total. The number of ether oxygens (including phenoxy) is 1. The van der Waals surface area contributed by atoms with Crippen molar-refractivity contribution < 1.29 is 22.4 Å². The average molecular weight is 487 g/mol. The number of morpholine rings is 1. The fraction of sp³-hybridized carbons (Fsp3) is 0.227. The third kappa shape index (κ3) is 5.33. The number of hydrogen-bond acceptors (Lipinski definition) is 8. The van der Waals surface area contributed by atoms with E-state index in [1.54, 1.807) is 30.3 Å². The van der Waals surface area contributed by atoms with Crippen molar-refractivity contribution in [3.8, 4) is 11.5 Å². The first-order valence-electron chi connectivity index (χ1n) is 10.1. The Labute approximate surface area is 195 Å². The van der Waals surface area contributed by atoms with Crippen LogP contribution in [0, 0.1) is 0 Å². The van der Waals surface area contributed by atoms with Gasteiger partial charge in [-0.2, -0.15) is 4.31 Å². The third-order valence-corrected chi connectivity index (χ3v) is 7.59. The molecule has 1 amide bonds. The van der Waals surface area contributed by atoms with Crippen molar-refractivity contribution in [2.24, 2.45) is 0 Å². The second-order valence-corrected chi connectivity index (χ2v) is 9.92. The van der Waals surface area contributed by atoms with Crippen LogP contribution in [-0.2, 0) is 14.8 Å². The molecular formula is C22H22N4O5S2. The van der Waals surface area contributed by atoms with Crippen molar-refractivity contribution in [3.63, 3.8) is 0 Å². The third-order valence-electron chi connectivity index (χ3n) is 4.86. The molecule has 2 heterocycles. The van der Waals surface area contributed by atoms with Crippen LogP contribution < -0.4 is 5.32 Å². The topological polar surface area (TPSA) is 115 Å². The molecule has 11 heteroatoms. The van der Waals surface area contributed by atoms with E-state index in [1.165, 1.54) is 40.3 Å². The summed E-state index contributed by atoms with van der Waals surface area (Å²) in [4.78, 5) is 13.0. The molecule has 4 rings (SSSR count). The highest BCUT2D eigenvalue weighted by Gasteiger charge is 2.26. The number of rotatable bonds is 8. The lowest BCUT2D eigenvalue weighted by Gasteiger charge is -2.26. The van der Waals surface area contributed by atoms with E-state index in [9.17, 15) is 13.2 Å². The van der Waals surface area contributed by atoms with Gasteiger partial charge in [0.05, 0.1) is 29.4 Å². The van der Waals surface area contributed by atoms with Gasteiger partial charge in [-0.1, -0.05) is 30.0 Å². The van der Waals surface area contributed by atoms with Crippen molar-refractivity contribution in [1.82, 2.24) is 14.5 Å². The SMILES string of the molecule is C=CCSc1nnc(-c2ccccc2NC(=O)c2ccc(S(=O)(=O)N3CCOCC3)cc2)o1. The van der Waals surface area contributed by atoms with Gasteiger partial charge in [-0.25, -0.2) is 8.42 Å². The molecule has 0 saturated carbocycles. The minimum absolute atomic E-state index is 0.136. The molecule has 0 atom stereocenters. The van der Waals surface area contributed by atoms with Gasteiger partial charge in [0.2, 0.25) is 10.0 Å². The fourth-order valence-electron chi connectivity index (χ4n) is 3.19. The Morgan fingerprint density at radius 2 is 1.85 bits per heavy atom. The molecule has 3 aromatic rings. The number of benzene rings is 2. The van der Waals surface area contributed by atoms with E-state index in [0.717, 1.165) is 0 Å². The predicted molar refractivity (Wildman–Crippen MR) is 125 cm³/mol. The number of para-hydroxylation sites is 1. The summed E-state index contributed by atoms with van der Waals surface area (Å²) in [5, 5.41) is 11.3. The van der Waals surface area contributed by atoms with Gasteiger partial charge < -0.3 is 14.5 Å². The maximum absolute atomic E-state index is 12.8. The molecule has 0 bridgehead atoms. The summed E-state index contributed by atoms with van der Waals surface area (Å²) in [5.74, 6) is 0.528. The molecule has 1 aromatic heterocycles. The highest BCUT2D eigenvalue weighted by Crippen LogP contribution is 2.29. The number of aromatic nitrogens is 2. The number of sulfonamides is 1. The Morgan fingerprint density at radius 3 is 2.58 bits per heavy atom. The van der Waals surface area contributed by atoms with Crippen molar-refractivity contribution in [3.05, 3.63) is 66.7 Å². The monoisotopic (exact) mass is 486 g/mol. The molecule has 1 saturated heterocycles. The second kappa shape index (κ2) is 10.3. The Bertz CT molecular complexity index is 1240. The summed E-state index contributed by atoms with van der Waals surface area (Å²) >= 11 is 1.36. The van der Waals surface area contributed by atoms with Gasteiger partial charge in [0, 0.05) is 24.4 Å². The average Bonchev–Trinajstić information content (AvgIpc) is 3.32. The quantitative estimate of drug-likeness (QED) is 0.381. The van der Waals surface area contributed by atoms with E-state index >= 15 is 0 Å². The standard InChI is InChI=1S/C22H22N4O5S2/c1-2-15-32-22-25-24-21(31-22)18-5-3-4-6-19(18)23-20(27)16-7-9-17(10-8-16)33(28,29)26-11-13-30-14-12-26/h2-10H,1,11-15H2,(H,23,27). The van der Waals surface area contributed by atoms with Crippen LogP contribution in [0.2, 0.25) is 0 Å². The van der Waals surface area contributed by atoms with E-state index in [4.69, 9.17) is 9.15 Å². The molecule has 0 aliphatic carbocycles. The van der Waals surface area contributed by atoms with Crippen LogP contribution in [0.5, 0.6) is 0 Å². The van der Waals surface area contributed by atoms with Crippen molar-refractivity contribution in [1.29, 1.82) is 0 Å². The number of anilines is 1. The van der Waals surface area contributed by atoms with Crippen molar-refractivity contribution in [2.45, 2.75) is 10.1 Å². The molecule has 1 N–H and O–H groups in total. The summed E-state index contributed by atoms with van der Waals surface area (Å²) in [7, 11) is -3.62. The van der Waals surface area contributed by atoms with E-state index in [-0.39, 0.29) is 10.8 Å². The molecule has 1 fully saturated rings. The summed E-state index contributed by atoms with van der Waals surface area (Å²) in [5.41, 5.74) is 1.39. The number of carbonyl (C=O) groups excluding carboxylic acids is 1. The normalized spacial score (nSPS) is 14.7. The lowest BCUT2D eigenvalue weighted by atomic mass is 10.1. The molecule has 172 valence electrons. The first kappa shape index (κ1) is 23.2. The Kier molecular flexibility index (Phi) is 7.23. The van der Waals surface area contributed by atoms with E-state index in [2.05, 4.69) is 22.1 Å². The second-order valence-electron chi connectivity index (χ2n) is 7.01. The summed E-state index contributed by atoms with van der Waals surface area (Å²) < 4.78 is 37.8. The van der Waals surface area contributed by atoms with Crippen LogP contribution in [-0.4, -0.2) is 60.9 Å². The van der Waals surface area contributed by atoms with Gasteiger partial charge in [0.15, 0.2) is 0 Å². The number of carbonyl (C=O) groups is 1. The van der Waals surface area contributed by atoms with Crippen LogP contribution in [0.1, 0.15) is 10.4 Å². The number of thioether (sulfide) groups is 1. The zero-order valence-corrected chi connectivity index (χ0v) is 19.3. The first-order valence-corrected chi connectivity index (χ1v) is 12.6. The number of amides is 1. The van der Waals surface area contributed by atoms with Gasteiger partial charge >= 0.3 is 0 Å². The molecule has 2 aromatic carbocycles. The zero-order chi connectivity index (χ0) is 23.3. The van der Waals surface area contributed by atoms with Crippen LogP contribution >= 0.6 is 11.8 Å². The van der Waals surface area contributed by atoms with Gasteiger partial charge in [0.25, 0.3) is 17.0 Å². The van der Waals surface area contributed by atoms with Crippen LogP contribution in [0.25, 0.3) is 11.5 Å². The minimum atomic E-state index is -3.62. The number of nitrogens with zero attached hydrogens (tertiary/aromatic N) is 3. The van der Waals surface area contributed by atoms with Gasteiger partial charge in [0.1, 0.15) is 0 Å². The highest BCUT2D eigenvalue weighted by molar-refractivity contribution is 7.99. The molecule has 33 heavy (non-hydrogen) atoms. The van der Waals surface area contributed by atoms with E-state index < -0.39 is 15.9 Å². The predicted octanol–water partition coefficient (Wildman–Crippen LogP) is 3.29. The lowest BCUT2D eigenvalue weighted by Crippen LogP contribution is -2.40. The maximum Gasteiger partial charge on any atom is 0.277 e. The molecule has 0 unspecified atom stereocenters. The van der Waals surface area contributed by atoms with Crippen LogP contribution in [0.3, 0.4) is 0 Å². The van der Waals surface area contributed by atoms with Crippen molar-refractivity contribution in [2.75, 3.05) is 37.4 Å². The lowest BCUT2D eigenvalue weighted by molar-refractivity contribution is 0.0730. The number of hydrogen-bond donors (Lipinski definition) is 1. The molecule has 1 aliphatic rings. The Morgan fingerprint density at radius 1 is 1.12 bits per heavy atom. The molecule has 1 aliphatic heterocycles.